The van der Waals surface area contributed by atoms with Gasteiger partial charge in [-0.3, -0.25) is 0 Å². The Kier molecular flexibility index (Phi) is 4.87. The molecule has 0 spiro atoms. The summed E-state index contributed by atoms with van der Waals surface area (Å²) in [5.41, 5.74) is 1.65. The lowest BCUT2D eigenvalue weighted by molar-refractivity contribution is 0.410. The van der Waals surface area contributed by atoms with Crippen LogP contribution in [0.2, 0.25) is 5.02 Å². The Labute approximate surface area is 133 Å². The average molecular weight is 408 g/mol. The fourth-order valence-electron chi connectivity index (χ4n) is 1.75. The predicted octanol–water partition coefficient (Wildman–Crippen LogP) is 5.73. The molecule has 0 aliphatic rings. The fourth-order valence-corrected chi connectivity index (χ4v) is 2.82. The second-order valence-electron chi connectivity index (χ2n) is 3.92. The van der Waals surface area contributed by atoms with E-state index in [-0.39, 0.29) is 10.6 Å². The van der Waals surface area contributed by atoms with E-state index < -0.39 is 0 Å². The zero-order valence-electron chi connectivity index (χ0n) is 9.96. The Bertz CT molecular complexity index is 604. The lowest BCUT2D eigenvalue weighted by atomic mass is 10.0. The van der Waals surface area contributed by atoms with Gasteiger partial charge in [0.25, 0.3) is 0 Å². The quantitative estimate of drug-likeness (QED) is 0.589. The maximum Gasteiger partial charge on any atom is 0.137 e. The number of halogens is 4. The van der Waals surface area contributed by atoms with Crippen molar-refractivity contribution in [3.63, 3.8) is 0 Å². The van der Waals surface area contributed by atoms with E-state index in [1.54, 1.807) is 31.4 Å². The van der Waals surface area contributed by atoms with E-state index in [1.807, 2.05) is 6.07 Å². The maximum absolute atomic E-state index is 13.6. The van der Waals surface area contributed by atoms with Crippen molar-refractivity contribution in [3.05, 3.63) is 62.8 Å². The Morgan fingerprint density at radius 2 is 1.95 bits per heavy atom. The van der Waals surface area contributed by atoms with Gasteiger partial charge in [0.2, 0.25) is 0 Å². The molecule has 2 aromatic carbocycles. The summed E-state index contributed by atoms with van der Waals surface area (Å²) in [5, 5.41) is 0.609. The van der Waals surface area contributed by atoms with Crippen LogP contribution in [0.4, 0.5) is 4.39 Å². The van der Waals surface area contributed by atoms with Crippen molar-refractivity contribution in [1.82, 2.24) is 0 Å². The minimum Gasteiger partial charge on any atom is -0.496 e. The van der Waals surface area contributed by atoms with Crippen LogP contribution in [0.5, 0.6) is 5.75 Å². The van der Waals surface area contributed by atoms with Gasteiger partial charge in [0, 0.05) is 10.6 Å². The molecular weight excluding hydrogens is 398 g/mol. The topological polar surface area (TPSA) is 9.23 Å². The largest absolute Gasteiger partial charge is 0.496 e. The molecule has 0 N–H and O–H groups in total. The number of methoxy groups -OCH3 is 1. The molecule has 100 valence electrons. The van der Waals surface area contributed by atoms with Crippen LogP contribution in [0, 0.1) is 5.82 Å². The highest BCUT2D eigenvalue weighted by molar-refractivity contribution is 9.10. The van der Waals surface area contributed by atoms with E-state index >= 15 is 0 Å². The third kappa shape index (κ3) is 3.30. The zero-order valence-corrected chi connectivity index (χ0v) is 13.9. The van der Waals surface area contributed by atoms with Gasteiger partial charge in [0.15, 0.2) is 0 Å². The van der Waals surface area contributed by atoms with Crippen LogP contribution in [0.3, 0.4) is 0 Å². The summed E-state index contributed by atoms with van der Waals surface area (Å²) in [6.07, 6.45) is 0. The molecule has 19 heavy (non-hydrogen) atoms. The van der Waals surface area contributed by atoms with Crippen molar-refractivity contribution >= 4 is 43.5 Å². The van der Waals surface area contributed by atoms with Crippen molar-refractivity contribution in [2.24, 2.45) is 0 Å². The summed E-state index contributed by atoms with van der Waals surface area (Å²) >= 11 is 12.7. The van der Waals surface area contributed by atoms with Gasteiger partial charge in [-0.25, -0.2) is 4.39 Å². The molecule has 0 heterocycles. The molecule has 0 bridgehead atoms. The lowest BCUT2D eigenvalue weighted by Crippen LogP contribution is -1.98. The molecule has 0 saturated heterocycles. The van der Waals surface area contributed by atoms with E-state index in [9.17, 15) is 4.39 Å². The number of rotatable bonds is 3. The maximum atomic E-state index is 13.6. The first kappa shape index (κ1) is 14.8. The molecule has 0 amide bonds. The highest BCUT2D eigenvalue weighted by atomic mass is 79.9. The Morgan fingerprint density at radius 3 is 2.58 bits per heavy atom. The van der Waals surface area contributed by atoms with E-state index in [0.29, 0.717) is 15.2 Å². The molecule has 1 nitrogen and oxygen atoms in total. The van der Waals surface area contributed by atoms with Crippen LogP contribution in [0.1, 0.15) is 16.0 Å². The van der Waals surface area contributed by atoms with Crippen molar-refractivity contribution in [2.75, 3.05) is 7.11 Å². The highest BCUT2D eigenvalue weighted by Gasteiger charge is 2.17. The molecule has 0 aliphatic carbocycles. The summed E-state index contributed by atoms with van der Waals surface area (Å²) in [7, 11) is 1.59. The van der Waals surface area contributed by atoms with Gasteiger partial charge < -0.3 is 4.74 Å². The molecular formula is C14H10Br2ClFO. The Hall–Kier alpha value is -0.580. The van der Waals surface area contributed by atoms with Crippen LogP contribution >= 0.6 is 43.5 Å². The second kappa shape index (κ2) is 6.25. The third-order valence-electron chi connectivity index (χ3n) is 2.70. The van der Waals surface area contributed by atoms with Gasteiger partial charge in [0.05, 0.1) is 16.4 Å². The lowest BCUT2D eigenvalue weighted by Gasteiger charge is -2.15. The summed E-state index contributed by atoms with van der Waals surface area (Å²) in [6, 6.07) is 10.3. The first-order chi connectivity index (χ1) is 9.02. The molecule has 0 aliphatic heterocycles. The number of hydrogen-bond donors (Lipinski definition) is 0. The number of hydrogen-bond acceptors (Lipinski definition) is 1. The summed E-state index contributed by atoms with van der Waals surface area (Å²) in [6.45, 7) is 0. The van der Waals surface area contributed by atoms with Gasteiger partial charge in [0.1, 0.15) is 11.6 Å². The Morgan fingerprint density at radius 1 is 1.21 bits per heavy atom. The zero-order chi connectivity index (χ0) is 14.0. The smallest absolute Gasteiger partial charge is 0.137 e. The van der Waals surface area contributed by atoms with Gasteiger partial charge in [-0.15, -0.1) is 0 Å². The minimum atomic E-state index is -0.303. The van der Waals surface area contributed by atoms with E-state index in [0.717, 1.165) is 11.1 Å². The summed E-state index contributed by atoms with van der Waals surface area (Å²) in [5.74, 6) is 0.401. The molecule has 0 saturated carbocycles. The molecule has 1 unspecified atom stereocenters. The third-order valence-corrected chi connectivity index (χ3v) is 4.60. The van der Waals surface area contributed by atoms with Crippen LogP contribution in [0.25, 0.3) is 0 Å². The molecule has 2 aromatic rings. The minimum absolute atomic E-state index is 0.191. The SMILES string of the molecule is COc1ccc(Cl)cc1C(Br)c1ccc(Br)c(F)c1. The molecule has 0 radical (unpaired) electrons. The van der Waals surface area contributed by atoms with E-state index in [2.05, 4.69) is 31.9 Å². The molecule has 5 heteroatoms. The van der Waals surface area contributed by atoms with Crippen molar-refractivity contribution in [3.8, 4) is 5.75 Å². The average Bonchev–Trinajstić information content (AvgIpc) is 2.41. The summed E-state index contributed by atoms with van der Waals surface area (Å²) in [4.78, 5) is -0.191. The predicted molar refractivity (Wildman–Crippen MR) is 82.9 cm³/mol. The van der Waals surface area contributed by atoms with Gasteiger partial charge >= 0.3 is 0 Å². The number of alkyl halides is 1. The fraction of sp³-hybridized carbons (Fsp3) is 0.143. The van der Waals surface area contributed by atoms with Crippen LogP contribution < -0.4 is 4.74 Å². The number of benzene rings is 2. The van der Waals surface area contributed by atoms with Crippen LogP contribution in [-0.2, 0) is 0 Å². The molecule has 2 rings (SSSR count). The monoisotopic (exact) mass is 406 g/mol. The van der Waals surface area contributed by atoms with Crippen LogP contribution in [0.15, 0.2) is 40.9 Å². The first-order valence-corrected chi connectivity index (χ1v) is 7.54. The molecule has 0 aromatic heterocycles. The van der Waals surface area contributed by atoms with Crippen molar-refractivity contribution in [1.29, 1.82) is 0 Å². The second-order valence-corrected chi connectivity index (χ2v) is 6.13. The van der Waals surface area contributed by atoms with Gasteiger partial charge in [-0.2, -0.15) is 0 Å². The first-order valence-electron chi connectivity index (χ1n) is 5.45. The standard InChI is InChI=1S/C14H10Br2ClFO/c1-19-13-5-3-9(17)7-10(13)14(16)8-2-4-11(15)12(18)6-8/h2-7,14H,1H3. The number of ether oxygens (including phenoxy) is 1. The molecule has 0 fully saturated rings. The molecule has 1 atom stereocenters. The van der Waals surface area contributed by atoms with Gasteiger partial charge in [-0.05, 0) is 51.8 Å². The van der Waals surface area contributed by atoms with Crippen LogP contribution in [-0.4, -0.2) is 7.11 Å². The van der Waals surface area contributed by atoms with E-state index in [1.165, 1.54) is 6.07 Å². The Balaban J connectivity index is 2.45. The van der Waals surface area contributed by atoms with Crippen molar-refractivity contribution in [2.45, 2.75) is 4.83 Å². The van der Waals surface area contributed by atoms with Crippen molar-refractivity contribution < 1.29 is 9.13 Å². The normalized spacial score (nSPS) is 12.3. The van der Waals surface area contributed by atoms with Gasteiger partial charge in [-0.1, -0.05) is 33.6 Å². The van der Waals surface area contributed by atoms with E-state index in [4.69, 9.17) is 16.3 Å². The highest BCUT2D eigenvalue weighted by Crippen LogP contribution is 2.38. The summed E-state index contributed by atoms with van der Waals surface area (Å²) < 4.78 is 19.3.